The van der Waals surface area contributed by atoms with Gasteiger partial charge in [-0.15, -0.1) is 0 Å². The van der Waals surface area contributed by atoms with E-state index in [1.807, 2.05) is 13.8 Å². The molecule has 1 aromatic carbocycles. The van der Waals surface area contributed by atoms with Crippen LogP contribution in [0, 0.1) is 11.6 Å². The summed E-state index contributed by atoms with van der Waals surface area (Å²) in [5, 5.41) is 0. The number of carbonyl (C=O) groups is 2. The van der Waals surface area contributed by atoms with Crippen molar-refractivity contribution in [1.82, 2.24) is 9.97 Å². The first-order valence-electron chi connectivity index (χ1n) is 8.09. The maximum Gasteiger partial charge on any atom is 0.337 e. The van der Waals surface area contributed by atoms with Gasteiger partial charge in [-0.2, -0.15) is 0 Å². The van der Waals surface area contributed by atoms with Crippen molar-refractivity contribution in [2.45, 2.75) is 13.8 Å². The SMILES string of the molecule is CCOC.COC(=O)c1ccc(C)c(-c2[nH]c(N)nc(=S)c2/C=C/C=O)c1. The molecule has 8 heteroatoms. The summed E-state index contributed by atoms with van der Waals surface area (Å²) in [5.74, 6) is -0.298. The van der Waals surface area contributed by atoms with Crippen LogP contribution in [0.15, 0.2) is 24.3 Å². The number of methoxy groups -OCH3 is 2. The number of aryl methyl sites for hydroxylation is 1. The molecule has 2 aromatic rings. The van der Waals surface area contributed by atoms with E-state index in [4.69, 9.17) is 22.7 Å². The molecular formula is C19H23N3O4S. The van der Waals surface area contributed by atoms with Crippen LogP contribution in [-0.4, -0.2) is 43.0 Å². The van der Waals surface area contributed by atoms with E-state index < -0.39 is 5.97 Å². The van der Waals surface area contributed by atoms with Gasteiger partial charge in [-0.25, -0.2) is 9.78 Å². The minimum Gasteiger partial charge on any atom is -0.465 e. The third kappa shape index (κ3) is 6.12. The summed E-state index contributed by atoms with van der Waals surface area (Å²) in [6, 6.07) is 5.15. The molecule has 3 N–H and O–H groups in total. The van der Waals surface area contributed by atoms with Crippen LogP contribution in [0.4, 0.5) is 5.95 Å². The van der Waals surface area contributed by atoms with Crippen LogP contribution in [0.5, 0.6) is 0 Å². The van der Waals surface area contributed by atoms with E-state index in [0.717, 1.165) is 17.7 Å². The highest BCUT2D eigenvalue weighted by Crippen LogP contribution is 2.28. The van der Waals surface area contributed by atoms with Crippen molar-refractivity contribution in [3.63, 3.8) is 0 Å². The number of hydrogen-bond acceptors (Lipinski definition) is 7. The summed E-state index contributed by atoms with van der Waals surface area (Å²) in [6.07, 6.45) is 3.52. The van der Waals surface area contributed by atoms with Gasteiger partial charge in [0, 0.05) is 24.8 Å². The second kappa shape index (κ2) is 11.0. The summed E-state index contributed by atoms with van der Waals surface area (Å²) in [6.45, 7) is 4.66. The molecule has 0 spiro atoms. The van der Waals surface area contributed by atoms with Crippen molar-refractivity contribution < 1.29 is 19.1 Å². The van der Waals surface area contributed by atoms with Crippen molar-refractivity contribution in [3.8, 4) is 11.3 Å². The fraction of sp³-hybridized carbons (Fsp3) is 0.263. The third-order valence-corrected chi connectivity index (χ3v) is 3.84. The fourth-order valence-electron chi connectivity index (χ4n) is 2.14. The Bertz CT molecular complexity index is 889. The number of esters is 1. The van der Waals surface area contributed by atoms with Crippen molar-refractivity contribution in [2.24, 2.45) is 0 Å². The second-order valence-corrected chi connectivity index (χ2v) is 5.70. The number of carbonyl (C=O) groups excluding carboxylic acids is 2. The molecule has 27 heavy (non-hydrogen) atoms. The normalized spacial score (nSPS) is 10.2. The van der Waals surface area contributed by atoms with E-state index >= 15 is 0 Å². The zero-order chi connectivity index (χ0) is 20.4. The van der Waals surface area contributed by atoms with Gasteiger partial charge in [-0.1, -0.05) is 18.3 Å². The molecule has 0 fully saturated rings. The van der Waals surface area contributed by atoms with Gasteiger partial charge in [-0.3, -0.25) is 4.79 Å². The van der Waals surface area contributed by atoms with Crippen LogP contribution in [0.25, 0.3) is 17.3 Å². The largest absolute Gasteiger partial charge is 0.465 e. The molecule has 0 saturated heterocycles. The zero-order valence-corrected chi connectivity index (χ0v) is 16.6. The molecule has 0 atom stereocenters. The van der Waals surface area contributed by atoms with E-state index in [-0.39, 0.29) is 10.6 Å². The molecule has 1 heterocycles. The van der Waals surface area contributed by atoms with Gasteiger partial charge in [0.25, 0.3) is 0 Å². The van der Waals surface area contributed by atoms with E-state index in [2.05, 4.69) is 14.7 Å². The smallest absolute Gasteiger partial charge is 0.337 e. The standard InChI is InChI=1S/C16H15N3O3S.C3H8O/c1-9-5-6-10(15(21)22-2)8-12(9)13-11(4-3-7-20)14(23)19-16(17)18-13;1-3-4-2/h3-8H,1-2H3,(H3,17,18,19,23);3H2,1-2H3/b4-3+;. The van der Waals surface area contributed by atoms with Gasteiger partial charge < -0.3 is 20.2 Å². The van der Waals surface area contributed by atoms with Crippen LogP contribution in [0.1, 0.15) is 28.4 Å². The number of hydrogen-bond donors (Lipinski definition) is 2. The Balaban J connectivity index is 0.000000828. The molecule has 0 aliphatic heterocycles. The Labute approximate surface area is 163 Å². The van der Waals surface area contributed by atoms with Gasteiger partial charge in [0.1, 0.15) is 10.9 Å². The molecule has 2 rings (SSSR count). The number of nitrogens with zero attached hydrogens (tertiary/aromatic N) is 1. The van der Waals surface area contributed by atoms with Gasteiger partial charge in [0.05, 0.1) is 18.4 Å². The first-order valence-corrected chi connectivity index (χ1v) is 8.50. The highest BCUT2D eigenvalue weighted by molar-refractivity contribution is 7.71. The number of aromatic amines is 1. The number of aldehydes is 1. The number of H-pyrrole nitrogens is 1. The number of aromatic nitrogens is 2. The molecule has 0 aliphatic rings. The zero-order valence-electron chi connectivity index (χ0n) is 15.7. The lowest BCUT2D eigenvalue weighted by molar-refractivity contribution is -0.104. The maximum absolute atomic E-state index is 11.7. The fourth-order valence-corrected chi connectivity index (χ4v) is 2.41. The molecule has 7 nitrogen and oxygen atoms in total. The minimum atomic E-state index is -0.447. The second-order valence-electron chi connectivity index (χ2n) is 5.31. The van der Waals surface area contributed by atoms with Crippen LogP contribution >= 0.6 is 12.2 Å². The van der Waals surface area contributed by atoms with Crippen LogP contribution in [0.2, 0.25) is 0 Å². The van der Waals surface area contributed by atoms with Gasteiger partial charge in [-0.05, 0) is 43.7 Å². The summed E-state index contributed by atoms with van der Waals surface area (Å²) in [4.78, 5) is 29.3. The van der Waals surface area contributed by atoms with Gasteiger partial charge in [0.15, 0.2) is 5.95 Å². The monoisotopic (exact) mass is 389 g/mol. The number of nitrogen functional groups attached to an aromatic ring is 1. The Morgan fingerprint density at radius 2 is 2.04 bits per heavy atom. The van der Waals surface area contributed by atoms with Crippen molar-refractivity contribution in [3.05, 3.63) is 45.6 Å². The number of allylic oxidation sites excluding steroid dienone is 1. The Hall–Kier alpha value is -2.84. The van der Waals surface area contributed by atoms with Gasteiger partial charge in [0.2, 0.25) is 0 Å². The van der Waals surface area contributed by atoms with Gasteiger partial charge >= 0.3 is 5.97 Å². The summed E-state index contributed by atoms with van der Waals surface area (Å²) >= 11 is 5.22. The van der Waals surface area contributed by atoms with Crippen LogP contribution in [-0.2, 0) is 14.3 Å². The Kier molecular flexibility index (Phi) is 9.04. The lowest BCUT2D eigenvalue weighted by Gasteiger charge is -2.12. The molecule has 0 saturated carbocycles. The maximum atomic E-state index is 11.7. The number of rotatable bonds is 5. The minimum absolute atomic E-state index is 0.149. The highest BCUT2D eigenvalue weighted by Gasteiger charge is 2.14. The molecule has 0 amide bonds. The average molecular weight is 389 g/mol. The van der Waals surface area contributed by atoms with Crippen LogP contribution in [0.3, 0.4) is 0 Å². The van der Waals surface area contributed by atoms with Crippen molar-refractivity contribution in [1.29, 1.82) is 0 Å². The predicted molar refractivity (Wildman–Crippen MR) is 108 cm³/mol. The number of nitrogens with one attached hydrogen (secondary N) is 1. The summed E-state index contributed by atoms with van der Waals surface area (Å²) in [5.41, 5.74) is 8.90. The van der Waals surface area contributed by atoms with E-state index in [1.54, 1.807) is 31.4 Å². The molecule has 0 bridgehead atoms. The highest BCUT2D eigenvalue weighted by atomic mass is 32.1. The van der Waals surface area contributed by atoms with E-state index in [0.29, 0.717) is 23.1 Å². The number of anilines is 1. The van der Waals surface area contributed by atoms with E-state index in [9.17, 15) is 9.59 Å². The molecule has 0 radical (unpaired) electrons. The first-order chi connectivity index (χ1) is 12.9. The third-order valence-electron chi connectivity index (χ3n) is 3.53. The Morgan fingerprint density at radius 1 is 1.37 bits per heavy atom. The molecular weight excluding hydrogens is 366 g/mol. The number of nitrogens with two attached hydrogens (primary N) is 1. The topological polar surface area (TPSA) is 107 Å². The number of ether oxygens (including phenoxy) is 2. The first kappa shape index (κ1) is 22.2. The number of benzene rings is 1. The molecule has 144 valence electrons. The van der Waals surface area contributed by atoms with Crippen LogP contribution < -0.4 is 5.73 Å². The lowest BCUT2D eigenvalue weighted by Crippen LogP contribution is -2.04. The summed E-state index contributed by atoms with van der Waals surface area (Å²) < 4.78 is 9.55. The molecule has 0 unspecified atom stereocenters. The summed E-state index contributed by atoms with van der Waals surface area (Å²) in [7, 11) is 3.00. The molecule has 1 aromatic heterocycles. The Morgan fingerprint density at radius 3 is 2.59 bits per heavy atom. The van der Waals surface area contributed by atoms with Crippen molar-refractivity contribution >= 4 is 36.5 Å². The average Bonchev–Trinajstić information content (AvgIpc) is 2.66. The lowest BCUT2D eigenvalue weighted by atomic mass is 9.99. The quantitative estimate of drug-likeness (QED) is 0.349. The molecule has 0 aliphatic carbocycles. The predicted octanol–water partition coefficient (Wildman–Crippen LogP) is 3.35. The van der Waals surface area contributed by atoms with Crippen molar-refractivity contribution in [2.75, 3.05) is 26.6 Å². The van der Waals surface area contributed by atoms with E-state index in [1.165, 1.54) is 13.2 Å².